The van der Waals surface area contributed by atoms with Gasteiger partial charge in [0.25, 0.3) is 0 Å². The summed E-state index contributed by atoms with van der Waals surface area (Å²) in [6.45, 7) is 0.664. The highest BCUT2D eigenvalue weighted by atomic mass is 32.2. The molecule has 2 atom stereocenters. The Labute approximate surface area is 196 Å². The molecule has 0 fully saturated rings. The SMILES string of the molecule is NC(=O)[C@@H](CC[S@@](=O)c1ccccc1)NC(=O)CCCCCNC(=O)OCc1ccccc1. The fourth-order valence-electron chi connectivity index (χ4n) is 3.02. The van der Waals surface area contributed by atoms with Gasteiger partial charge in [-0.1, -0.05) is 55.0 Å². The first-order chi connectivity index (χ1) is 16.0. The van der Waals surface area contributed by atoms with Crippen LogP contribution in [0.1, 0.15) is 37.7 Å². The van der Waals surface area contributed by atoms with Crippen LogP contribution in [0.4, 0.5) is 4.79 Å². The fourth-order valence-corrected chi connectivity index (χ4v) is 4.17. The van der Waals surface area contributed by atoms with Gasteiger partial charge in [0.15, 0.2) is 0 Å². The van der Waals surface area contributed by atoms with Crippen LogP contribution < -0.4 is 16.4 Å². The summed E-state index contributed by atoms with van der Waals surface area (Å²) in [4.78, 5) is 36.2. The Morgan fingerprint density at radius 2 is 1.61 bits per heavy atom. The Balaban J connectivity index is 1.56. The molecule has 0 saturated carbocycles. The molecular weight excluding hydrogens is 442 g/mol. The summed E-state index contributed by atoms with van der Waals surface area (Å²) in [6, 6.07) is 17.5. The smallest absolute Gasteiger partial charge is 0.407 e. The predicted molar refractivity (Wildman–Crippen MR) is 127 cm³/mol. The summed E-state index contributed by atoms with van der Waals surface area (Å²) in [5, 5.41) is 5.30. The van der Waals surface area contributed by atoms with Gasteiger partial charge in [0.2, 0.25) is 11.8 Å². The Morgan fingerprint density at radius 3 is 2.27 bits per heavy atom. The van der Waals surface area contributed by atoms with Gasteiger partial charge in [0, 0.05) is 23.6 Å². The lowest BCUT2D eigenvalue weighted by Crippen LogP contribution is -2.45. The van der Waals surface area contributed by atoms with Crippen molar-refractivity contribution in [1.82, 2.24) is 10.6 Å². The van der Waals surface area contributed by atoms with Gasteiger partial charge in [-0.15, -0.1) is 0 Å². The number of carbonyl (C=O) groups is 3. The molecule has 0 spiro atoms. The van der Waals surface area contributed by atoms with E-state index in [9.17, 15) is 18.6 Å². The largest absolute Gasteiger partial charge is 0.445 e. The monoisotopic (exact) mass is 473 g/mol. The van der Waals surface area contributed by atoms with Crippen molar-refractivity contribution in [3.63, 3.8) is 0 Å². The zero-order valence-corrected chi connectivity index (χ0v) is 19.4. The van der Waals surface area contributed by atoms with E-state index in [-0.39, 0.29) is 31.1 Å². The van der Waals surface area contributed by atoms with Crippen LogP contribution in [0.15, 0.2) is 65.6 Å². The van der Waals surface area contributed by atoms with E-state index in [0.717, 1.165) is 12.0 Å². The molecule has 2 aromatic carbocycles. The zero-order valence-electron chi connectivity index (χ0n) is 18.5. The second-order valence-electron chi connectivity index (χ2n) is 7.47. The molecule has 4 N–H and O–H groups in total. The second-order valence-corrected chi connectivity index (χ2v) is 9.04. The summed E-state index contributed by atoms with van der Waals surface area (Å²) in [5.74, 6) is -0.699. The first-order valence-electron chi connectivity index (χ1n) is 10.9. The van der Waals surface area contributed by atoms with E-state index in [0.29, 0.717) is 24.3 Å². The summed E-state index contributed by atoms with van der Waals surface area (Å²) in [5.41, 5.74) is 6.31. The average molecular weight is 474 g/mol. The second kappa shape index (κ2) is 14.8. The van der Waals surface area contributed by atoms with Crippen molar-refractivity contribution in [2.24, 2.45) is 5.73 Å². The van der Waals surface area contributed by atoms with E-state index >= 15 is 0 Å². The van der Waals surface area contributed by atoms with E-state index in [1.165, 1.54) is 0 Å². The van der Waals surface area contributed by atoms with Crippen molar-refractivity contribution in [1.29, 1.82) is 0 Å². The van der Waals surface area contributed by atoms with Crippen molar-refractivity contribution in [3.05, 3.63) is 66.2 Å². The highest BCUT2D eigenvalue weighted by Gasteiger charge is 2.19. The highest BCUT2D eigenvalue weighted by Crippen LogP contribution is 2.08. The third-order valence-electron chi connectivity index (χ3n) is 4.84. The maximum Gasteiger partial charge on any atom is 0.407 e. The Hall–Kier alpha value is -3.20. The molecule has 0 aliphatic heterocycles. The van der Waals surface area contributed by atoms with Gasteiger partial charge in [-0.2, -0.15) is 0 Å². The number of carbonyl (C=O) groups excluding carboxylic acids is 3. The molecule has 0 heterocycles. The lowest BCUT2D eigenvalue weighted by molar-refractivity contribution is -0.127. The number of benzene rings is 2. The minimum atomic E-state index is -1.26. The molecule has 9 heteroatoms. The normalized spacial score (nSPS) is 12.4. The lowest BCUT2D eigenvalue weighted by atomic mass is 10.1. The van der Waals surface area contributed by atoms with Gasteiger partial charge in [-0.3, -0.25) is 13.8 Å². The molecular formula is C24H31N3O5S. The number of nitrogens with one attached hydrogen (secondary N) is 2. The van der Waals surface area contributed by atoms with Crippen molar-refractivity contribution >= 4 is 28.7 Å². The zero-order chi connectivity index (χ0) is 23.9. The van der Waals surface area contributed by atoms with Crippen molar-refractivity contribution in [2.45, 2.75) is 49.6 Å². The van der Waals surface area contributed by atoms with Crippen molar-refractivity contribution in [2.75, 3.05) is 12.3 Å². The maximum absolute atomic E-state index is 12.3. The number of hydrogen-bond acceptors (Lipinski definition) is 5. The van der Waals surface area contributed by atoms with E-state index in [1.54, 1.807) is 24.3 Å². The molecule has 0 aromatic heterocycles. The average Bonchev–Trinajstić information content (AvgIpc) is 2.83. The Morgan fingerprint density at radius 1 is 0.939 bits per heavy atom. The number of unbranched alkanes of at least 4 members (excludes halogenated alkanes) is 2. The van der Waals surface area contributed by atoms with Gasteiger partial charge >= 0.3 is 6.09 Å². The van der Waals surface area contributed by atoms with Crippen LogP contribution in [0.3, 0.4) is 0 Å². The molecule has 0 bridgehead atoms. The van der Waals surface area contributed by atoms with Crippen LogP contribution >= 0.6 is 0 Å². The van der Waals surface area contributed by atoms with Crippen molar-refractivity contribution in [3.8, 4) is 0 Å². The van der Waals surface area contributed by atoms with Crippen LogP contribution in [0.2, 0.25) is 0 Å². The number of primary amides is 1. The van der Waals surface area contributed by atoms with Gasteiger partial charge in [0.1, 0.15) is 12.6 Å². The first kappa shape index (κ1) is 26.1. The molecule has 2 rings (SSSR count). The number of ether oxygens (including phenoxy) is 1. The van der Waals surface area contributed by atoms with Gasteiger partial charge in [0.05, 0.1) is 10.8 Å². The molecule has 3 amide bonds. The molecule has 178 valence electrons. The molecule has 0 unspecified atom stereocenters. The molecule has 33 heavy (non-hydrogen) atoms. The quantitative estimate of drug-likeness (QED) is 0.364. The number of nitrogens with two attached hydrogens (primary N) is 1. The molecule has 0 radical (unpaired) electrons. The van der Waals surface area contributed by atoms with Crippen LogP contribution in [0, 0.1) is 0 Å². The Bertz CT molecular complexity index is 909. The van der Waals surface area contributed by atoms with Crippen LogP contribution in [-0.4, -0.2) is 40.5 Å². The number of hydrogen-bond donors (Lipinski definition) is 3. The number of amides is 3. The number of rotatable bonds is 14. The predicted octanol–water partition coefficient (Wildman–Crippen LogP) is 2.64. The maximum atomic E-state index is 12.3. The minimum Gasteiger partial charge on any atom is -0.445 e. The van der Waals surface area contributed by atoms with Gasteiger partial charge in [-0.25, -0.2) is 4.79 Å². The van der Waals surface area contributed by atoms with E-state index < -0.39 is 28.8 Å². The third kappa shape index (κ3) is 10.8. The molecule has 0 aliphatic carbocycles. The third-order valence-corrected chi connectivity index (χ3v) is 6.24. The van der Waals surface area contributed by atoms with Crippen LogP contribution in [-0.2, 0) is 31.7 Å². The highest BCUT2D eigenvalue weighted by molar-refractivity contribution is 7.85. The molecule has 0 aliphatic rings. The standard InChI is InChI=1S/C24H31N3O5S/c25-23(29)21(15-17-33(31)20-12-6-2-7-13-20)27-22(28)14-8-3-9-16-26-24(30)32-18-19-10-4-1-5-11-19/h1-2,4-7,10-13,21H,3,8-9,14-18H2,(H2,25,29)(H,26,30)(H,27,28)/t21-,33-/m1/s1. The number of alkyl carbamates (subject to hydrolysis) is 1. The lowest BCUT2D eigenvalue weighted by Gasteiger charge is -2.15. The van der Waals surface area contributed by atoms with Gasteiger partial charge < -0.3 is 21.1 Å². The van der Waals surface area contributed by atoms with Crippen molar-refractivity contribution < 1.29 is 23.3 Å². The van der Waals surface area contributed by atoms with E-state index in [1.807, 2.05) is 36.4 Å². The summed E-state index contributed by atoms with van der Waals surface area (Å²) < 4.78 is 17.4. The Kier molecular flexibility index (Phi) is 11.7. The minimum absolute atomic E-state index is 0.206. The van der Waals surface area contributed by atoms with Crippen LogP contribution in [0.25, 0.3) is 0 Å². The first-order valence-corrected chi connectivity index (χ1v) is 12.2. The van der Waals surface area contributed by atoms with Crippen LogP contribution in [0.5, 0.6) is 0 Å². The fraction of sp³-hybridized carbons (Fsp3) is 0.375. The summed E-state index contributed by atoms with van der Waals surface area (Å²) in [6.07, 6.45) is 2.00. The molecule has 8 nitrogen and oxygen atoms in total. The topological polar surface area (TPSA) is 128 Å². The van der Waals surface area contributed by atoms with E-state index in [2.05, 4.69) is 10.6 Å². The summed E-state index contributed by atoms with van der Waals surface area (Å²) >= 11 is 0. The molecule has 2 aromatic rings. The molecule has 0 saturated heterocycles. The summed E-state index contributed by atoms with van der Waals surface area (Å²) in [7, 11) is -1.26. The van der Waals surface area contributed by atoms with E-state index in [4.69, 9.17) is 10.5 Å². The van der Waals surface area contributed by atoms with Gasteiger partial charge in [-0.05, 0) is 37.0 Å².